The van der Waals surface area contributed by atoms with Crippen LogP contribution < -0.4 is 10.2 Å². The third-order valence-electron chi connectivity index (χ3n) is 6.20. The molecular weight excluding hydrogens is 344 g/mol. The molecule has 0 spiro atoms. The molecule has 0 bridgehead atoms. The Morgan fingerprint density at radius 2 is 1.79 bits per heavy atom. The van der Waals surface area contributed by atoms with E-state index in [0.29, 0.717) is 12.0 Å². The first kappa shape index (κ1) is 20.9. The highest BCUT2D eigenvalue weighted by molar-refractivity contribution is 5.45. The Morgan fingerprint density at radius 3 is 2.43 bits per heavy atom. The summed E-state index contributed by atoms with van der Waals surface area (Å²) in [4.78, 5) is 2.14. The van der Waals surface area contributed by atoms with E-state index in [1.54, 1.807) is 0 Å². The highest BCUT2D eigenvalue weighted by Crippen LogP contribution is 2.41. The molecule has 2 aromatic carbocycles. The fraction of sp³-hybridized carbons (Fsp3) is 0.520. The largest absolute Gasteiger partial charge is 0.378 e. The van der Waals surface area contributed by atoms with E-state index in [2.05, 4.69) is 92.8 Å². The predicted molar refractivity (Wildman–Crippen MR) is 119 cm³/mol. The Balaban J connectivity index is 1.62. The lowest BCUT2D eigenvalue weighted by atomic mass is 9.68. The van der Waals surface area contributed by atoms with E-state index in [0.717, 1.165) is 39.0 Å². The third kappa shape index (κ3) is 5.15. The fourth-order valence-corrected chi connectivity index (χ4v) is 4.28. The summed E-state index contributed by atoms with van der Waals surface area (Å²) in [5, 5.41) is 3.68. The van der Waals surface area contributed by atoms with Crippen molar-refractivity contribution in [3.8, 4) is 0 Å². The molecule has 3 heteroatoms. The monoisotopic (exact) mass is 380 g/mol. The van der Waals surface area contributed by atoms with Crippen molar-refractivity contribution in [1.29, 1.82) is 0 Å². The van der Waals surface area contributed by atoms with Crippen LogP contribution in [0.25, 0.3) is 0 Å². The second-order valence-corrected chi connectivity index (χ2v) is 8.74. The van der Waals surface area contributed by atoms with Crippen LogP contribution in [0.5, 0.6) is 0 Å². The average molecular weight is 381 g/mol. The number of nitrogens with one attached hydrogen (secondary N) is 1. The van der Waals surface area contributed by atoms with Gasteiger partial charge in [-0.2, -0.15) is 0 Å². The molecule has 152 valence electrons. The minimum absolute atomic E-state index is 0.218. The molecule has 2 atom stereocenters. The molecule has 0 unspecified atom stereocenters. The van der Waals surface area contributed by atoms with Gasteiger partial charge in [-0.3, -0.25) is 0 Å². The first-order valence-electron chi connectivity index (χ1n) is 10.6. The van der Waals surface area contributed by atoms with Crippen molar-refractivity contribution in [2.45, 2.75) is 51.2 Å². The number of hydrogen-bond acceptors (Lipinski definition) is 3. The van der Waals surface area contributed by atoms with E-state index in [1.807, 2.05) is 0 Å². The normalized spacial score (nSPS) is 22.4. The molecule has 1 heterocycles. The van der Waals surface area contributed by atoms with Gasteiger partial charge in [-0.25, -0.2) is 0 Å². The van der Waals surface area contributed by atoms with Crippen LogP contribution in [0.1, 0.15) is 44.2 Å². The van der Waals surface area contributed by atoms with Crippen molar-refractivity contribution in [2.24, 2.45) is 5.92 Å². The number of hydrogen-bond donors (Lipinski definition) is 1. The van der Waals surface area contributed by atoms with Gasteiger partial charge in [0.2, 0.25) is 0 Å². The highest BCUT2D eigenvalue weighted by Gasteiger charge is 2.38. The summed E-state index contributed by atoms with van der Waals surface area (Å²) in [5.74, 6) is 0.562. The lowest BCUT2D eigenvalue weighted by molar-refractivity contribution is -0.0469. The predicted octanol–water partition coefficient (Wildman–Crippen LogP) is 5.01. The molecule has 2 aromatic rings. The average Bonchev–Trinajstić information content (AvgIpc) is 2.72. The Morgan fingerprint density at radius 1 is 1.07 bits per heavy atom. The summed E-state index contributed by atoms with van der Waals surface area (Å²) in [6.07, 6.45) is 3.74. The maximum Gasteiger partial charge on any atom is 0.0606 e. The minimum Gasteiger partial charge on any atom is -0.378 e. The summed E-state index contributed by atoms with van der Waals surface area (Å²) in [6.45, 7) is 7.37. The number of nitrogens with zero attached hydrogens (tertiary/aromatic N) is 1. The van der Waals surface area contributed by atoms with Crippen LogP contribution in [-0.2, 0) is 16.7 Å². The van der Waals surface area contributed by atoms with Gasteiger partial charge in [0.1, 0.15) is 0 Å². The SMILES string of the molecule is CC(C)[C@H]1C[C@@](CCNCc2ccc(N(C)C)cc2)(c2ccccc2)CCO1. The van der Waals surface area contributed by atoms with Gasteiger partial charge in [-0.05, 0) is 55.0 Å². The maximum absolute atomic E-state index is 6.10. The van der Waals surface area contributed by atoms with Crippen molar-refractivity contribution >= 4 is 5.69 Å². The van der Waals surface area contributed by atoms with Gasteiger partial charge in [-0.1, -0.05) is 56.3 Å². The van der Waals surface area contributed by atoms with Gasteiger partial charge in [0.25, 0.3) is 0 Å². The van der Waals surface area contributed by atoms with E-state index in [9.17, 15) is 0 Å². The molecule has 1 aliphatic heterocycles. The van der Waals surface area contributed by atoms with E-state index >= 15 is 0 Å². The van der Waals surface area contributed by atoms with Crippen LogP contribution in [0.4, 0.5) is 5.69 Å². The second-order valence-electron chi connectivity index (χ2n) is 8.74. The molecule has 3 nitrogen and oxygen atoms in total. The molecular formula is C25H36N2O. The van der Waals surface area contributed by atoms with Gasteiger partial charge in [0.05, 0.1) is 6.10 Å². The zero-order chi connectivity index (χ0) is 20.0. The molecule has 0 radical (unpaired) electrons. The standard InChI is InChI=1S/C25H36N2O/c1-20(2)24-18-25(15-17-28-24,22-8-6-5-7-9-22)14-16-26-19-21-10-12-23(13-11-21)27(3)4/h5-13,20,24,26H,14-19H2,1-4H3/t24-,25+/m1/s1. The molecule has 0 amide bonds. The Hall–Kier alpha value is -1.84. The fourth-order valence-electron chi connectivity index (χ4n) is 4.28. The zero-order valence-electron chi connectivity index (χ0n) is 17.9. The van der Waals surface area contributed by atoms with Crippen molar-refractivity contribution in [3.63, 3.8) is 0 Å². The van der Waals surface area contributed by atoms with Crippen LogP contribution in [0.15, 0.2) is 54.6 Å². The zero-order valence-corrected chi connectivity index (χ0v) is 17.9. The molecule has 0 aliphatic carbocycles. The molecule has 1 saturated heterocycles. The quantitative estimate of drug-likeness (QED) is 0.652. The van der Waals surface area contributed by atoms with E-state index < -0.39 is 0 Å². The van der Waals surface area contributed by atoms with Crippen LogP contribution in [0, 0.1) is 5.92 Å². The van der Waals surface area contributed by atoms with Crippen LogP contribution >= 0.6 is 0 Å². The van der Waals surface area contributed by atoms with Crippen molar-refractivity contribution < 1.29 is 4.74 Å². The minimum atomic E-state index is 0.218. The molecule has 28 heavy (non-hydrogen) atoms. The van der Waals surface area contributed by atoms with E-state index in [4.69, 9.17) is 4.74 Å². The third-order valence-corrected chi connectivity index (χ3v) is 6.20. The number of ether oxygens (including phenoxy) is 1. The molecule has 0 aromatic heterocycles. The Labute approximate surface area is 171 Å². The first-order chi connectivity index (χ1) is 13.5. The number of benzene rings is 2. The number of anilines is 1. The summed E-state index contributed by atoms with van der Waals surface area (Å²) in [7, 11) is 4.16. The Kier molecular flexibility index (Phi) is 7.14. The smallest absolute Gasteiger partial charge is 0.0606 e. The molecule has 1 fully saturated rings. The second kappa shape index (κ2) is 9.58. The van der Waals surface area contributed by atoms with Crippen LogP contribution in [0.2, 0.25) is 0 Å². The first-order valence-corrected chi connectivity index (χ1v) is 10.6. The summed E-state index contributed by atoms with van der Waals surface area (Å²) in [5.41, 5.74) is 4.28. The van der Waals surface area contributed by atoms with Gasteiger partial charge >= 0.3 is 0 Å². The van der Waals surface area contributed by atoms with Gasteiger partial charge in [0, 0.05) is 38.3 Å². The molecule has 3 rings (SSSR count). The molecule has 0 saturated carbocycles. The van der Waals surface area contributed by atoms with Gasteiger partial charge < -0.3 is 15.0 Å². The summed E-state index contributed by atoms with van der Waals surface area (Å²) < 4.78 is 6.10. The summed E-state index contributed by atoms with van der Waals surface area (Å²) in [6, 6.07) is 19.9. The lowest BCUT2D eigenvalue weighted by Crippen LogP contribution is -2.42. The van der Waals surface area contributed by atoms with E-state index in [-0.39, 0.29) is 5.41 Å². The molecule has 1 aliphatic rings. The topological polar surface area (TPSA) is 24.5 Å². The van der Waals surface area contributed by atoms with Crippen LogP contribution in [0.3, 0.4) is 0 Å². The van der Waals surface area contributed by atoms with Crippen molar-refractivity contribution in [2.75, 3.05) is 32.1 Å². The maximum atomic E-state index is 6.10. The van der Waals surface area contributed by atoms with Gasteiger partial charge in [-0.15, -0.1) is 0 Å². The van der Waals surface area contributed by atoms with Gasteiger partial charge in [0.15, 0.2) is 0 Å². The summed E-state index contributed by atoms with van der Waals surface area (Å²) >= 11 is 0. The van der Waals surface area contributed by atoms with E-state index in [1.165, 1.54) is 16.8 Å². The Bertz CT molecular complexity index is 711. The highest BCUT2D eigenvalue weighted by atomic mass is 16.5. The van der Waals surface area contributed by atoms with Crippen LogP contribution in [-0.4, -0.2) is 33.4 Å². The van der Waals surface area contributed by atoms with Crippen molar-refractivity contribution in [3.05, 3.63) is 65.7 Å². The lowest BCUT2D eigenvalue weighted by Gasteiger charge is -2.43. The van der Waals surface area contributed by atoms with Crippen molar-refractivity contribution in [1.82, 2.24) is 5.32 Å². The molecule has 1 N–H and O–H groups in total. The number of rotatable bonds is 8.